The van der Waals surface area contributed by atoms with Crippen LogP contribution in [-0.2, 0) is 11.3 Å². The van der Waals surface area contributed by atoms with Crippen LogP contribution in [0.1, 0.15) is 12.0 Å². The first kappa shape index (κ1) is 15.9. The van der Waals surface area contributed by atoms with Gasteiger partial charge in [-0.15, -0.1) is 0 Å². The summed E-state index contributed by atoms with van der Waals surface area (Å²) in [6.07, 6.45) is 0.864. The molecular formula is C13H20N4O3. The average molecular weight is 280 g/mol. The van der Waals surface area contributed by atoms with Gasteiger partial charge < -0.3 is 15.4 Å². The molecule has 0 aliphatic rings. The summed E-state index contributed by atoms with van der Waals surface area (Å²) in [6.45, 7) is 1.75. The predicted molar refractivity (Wildman–Crippen MR) is 77.8 cm³/mol. The fourth-order valence-corrected chi connectivity index (χ4v) is 1.66. The third-order valence-electron chi connectivity index (χ3n) is 2.68. The molecule has 0 aromatic heterocycles. The molecule has 0 radical (unpaired) electrons. The van der Waals surface area contributed by atoms with E-state index < -0.39 is 0 Å². The molecular weight excluding hydrogens is 260 g/mol. The van der Waals surface area contributed by atoms with E-state index in [1.165, 1.54) is 6.07 Å². The quantitative estimate of drug-likeness (QED) is 0.258. The molecule has 0 heterocycles. The van der Waals surface area contributed by atoms with E-state index in [0.29, 0.717) is 24.7 Å². The Hall–Kier alpha value is -2.15. The first-order chi connectivity index (χ1) is 9.69. The smallest absolute Gasteiger partial charge is 0.274 e. The Morgan fingerprint density at radius 3 is 2.80 bits per heavy atom. The van der Waals surface area contributed by atoms with Gasteiger partial charge in [0.05, 0.1) is 4.92 Å². The second kappa shape index (κ2) is 8.87. The van der Waals surface area contributed by atoms with Gasteiger partial charge in [-0.3, -0.25) is 15.1 Å². The maximum atomic E-state index is 10.9. The monoisotopic (exact) mass is 280 g/mol. The molecule has 7 nitrogen and oxygen atoms in total. The zero-order valence-electron chi connectivity index (χ0n) is 11.8. The van der Waals surface area contributed by atoms with E-state index in [-0.39, 0.29) is 10.6 Å². The maximum Gasteiger partial charge on any atom is 0.274 e. The van der Waals surface area contributed by atoms with Crippen LogP contribution >= 0.6 is 0 Å². The summed E-state index contributed by atoms with van der Waals surface area (Å²) in [7, 11) is 3.31. The van der Waals surface area contributed by atoms with Crippen LogP contribution in [0.15, 0.2) is 29.3 Å². The lowest BCUT2D eigenvalue weighted by Crippen LogP contribution is -2.37. The van der Waals surface area contributed by atoms with E-state index in [9.17, 15) is 10.1 Å². The van der Waals surface area contributed by atoms with Gasteiger partial charge in [0.15, 0.2) is 5.96 Å². The molecule has 7 heteroatoms. The van der Waals surface area contributed by atoms with Crippen LogP contribution in [0.3, 0.4) is 0 Å². The van der Waals surface area contributed by atoms with Gasteiger partial charge in [0.2, 0.25) is 0 Å². The lowest BCUT2D eigenvalue weighted by Gasteiger charge is -2.11. The molecule has 0 fully saturated rings. The number of para-hydroxylation sites is 1. The molecule has 0 unspecified atom stereocenters. The Morgan fingerprint density at radius 2 is 2.15 bits per heavy atom. The van der Waals surface area contributed by atoms with Crippen molar-refractivity contribution in [2.45, 2.75) is 13.0 Å². The number of nitro benzene ring substituents is 1. The van der Waals surface area contributed by atoms with Gasteiger partial charge in [0, 0.05) is 45.5 Å². The summed E-state index contributed by atoms with van der Waals surface area (Å²) in [5.41, 5.74) is 0.729. The Balaban J connectivity index is 2.50. The number of benzene rings is 1. The van der Waals surface area contributed by atoms with Crippen LogP contribution in [0.2, 0.25) is 0 Å². The van der Waals surface area contributed by atoms with Gasteiger partial charge in [-0.05, 0) is 6.42 Å². The summed E-state index contributed by atoms with van der Waals surface area (Å²) >= 11 is 0. The zero-order chi connectivity index (χ0) is 14.8. The Labute approximate surface area is 118 Å². The number of guanidine groups is 1. The third-order valence-corrected chi connectivity index (χ3v) is 2.68. The molecule has 0 aliphatic carbocycles. The number of aliphatic imine (C=N–C) groups is 1. The topological polar surface area (TPSA) is 88.8 Å². The van der Waals surface area contributed by atoms with Crippen molar-refractivity contribution in [2.24, 2.45) is 4.99 Å². The number of nitrogens with zero attached hydrogens (tertiary/aromatic N) is 2. The van der Waals surface area contributed by atoms with Crippen molar-refractivity contribution >= 4 is 11.6 Å². The van der Waals surface area contributed by atoms with Crippen molar-refractivity contribution in [3.05, 3.63) is 39.9 Å². The second-order valence-electron chi connectivity index (χ2n) is 4.08. The lowest BCUT2D eigenvalue weighted by atomic mass is 10.2. The predicted octanol–water partition coefficient (Wildman–Crippen LogP) is 1.30. The molecule has 0 atom stereocenters. The van der Waals surface area contributed by atoms with E-state index in [0.717, 1.165) is 13.0 Å². The normalized spacial score (nSPS) is 11.2. The summed E-state index contributed by atoms with van der Waals surface area (Å²) < 4.78 is 4.95. The van der Waals surface area contributed by atoms with Crippen molar-refractivity contribution in [1.82, 2.24) is 10.6 Å². The van der Waals surface area contributed by atoms with Gasteiger partial charge in [-0.2, -0.15) is 0 Å². The van der Waals surface area contributed by atoms with Crippen LogP contribution in [0.25, 0.3) is 0 Å². The largest absolute Gasteiger partial charge is 0.385 e. The third kappa shape index (κ3) is 5.23. The van der Waals surface area contributed by atoms with Gasteiger partial charge in [0.1, 0.15) is 0 Å². The van der Waals surface area contributed by atoms with Crippen molar-refractivity contribution < 1.29 is 9.66 Å². The van der Waals surface area contributed by atoms with Gasteiger partial charge >= 0.3 is 0 Å². The van der Waals surface area contributed by atoms with Gasteiger partial charge in [-0.25, -0.2) is 0 Å². The highest BCUT2D eigenvalue weighted by atomic mass is 16.6. The lowest BCUT2D eigenvalue weighted by molar-refractivity contribution is -0.385. The molecule has 20 heavy (non-hydrogen) atoms. The summed E-state index contributed by atoms with van der Waals surface area (Å²) in [5.74, 6) is 0.610. The Kier molecular flexibility index (Phi) is 7.05. The van der Waals surface area contributed by atoms with Crippen molar-refractivity contribution in [1.29, 1.82) is 0 Å². The first-order valence-corrected chi connectivity index (χ1v) is 6.34. The number of hydrogen-bond donors (Lipinski definition) is 2. The average Bonchev–Trinajstić information content (AvgIpc) is 2.46. The molecule has 0 saturated heterocycles. The van der Waals surface area contributed by atoms with Crippen LogP contribution in [-0.4, -0.2) is 38.2 Å². The molecule has 0 amide bonds. The summed E-state index contributed by atoms with van der Waals surface area (Å²) in [6, 6.07) is 6.65. The minimum atomic E-state index is -0.383. The number of nitrogens with one attached hydrogen (secondary N) is 2. The molecule has 1 aromatic rings. The highest BCUT2D eigenvalue weighted by Gasteiger charge is 2.12. The molecule has 110 valence electrons. The minimum Gasteiger partial charge on any atom is -0.385 e. The number of nitro groups is 1. The van der Waals surface area contributed by atoms with Crippen molar-refractivity contribution in [3.8, 4) is 0 Å². The SMILES string of the molecule is CN=C(NCCCOC)NCc1ccccc1[N+](=O)[O-]. The number of ether oxygens (including phenoxy) is 1. The van der Waals surface area contributed by atoms with Gasteiger partial charge in [0.25, 0.3) is 5.69 Å². The van der Waals surface area contributed by atoms with E-state index >= 15 is 0 Å². The molecule has 0 aliphatic heterocycles. The van der Waals surface area contributed by atoms with E-state index in [1.807, 2.05) is 0 Å². The van der Waals surface area contributed by atoms with Crippen molar-refractivity contribution in [3.63, 3.8) is 0 Å². The summed E-state index contributed by atoms with van der Waals surface area (Å²) in [4.78, 5) is 14.6. The second-order valence-corrected chi connectivity index (χ2v) is 4.08. The van der Waals surface area contributed by atoms with E-state index in [1.54, 1.807) is 32.4 Å². The zero-order valence-corrected chi connectivity index (χ0v) is 11.8. The van der Waals surface area contributed by atoms with Crippen LogP contribution in [0.5, 0.6) is 0 Å². The van der Waals surface area contributed by atoms with E-state index in [2.05, 4.69) is 15.6 Å². The highest BCUT2D eigenvalue weighted by Crippen LogP contribution is 2.16. The molecule has 0 bridgehead atoms. The molecule has 0 saturated carbocycles. The standard InChI is InChI=1S/C13H20N4O3/c1-14-13(15-8-5-9-20-2)16-10-11-6-3-4-7-12(11)17(18)19/h3-4,6-7H,5,8-10H2,1-2H3,(H2,14,15,16). The highest BCUT2D eigenvalue weighted by molar-refractivity contribution is 5.79. The molecule has 1 rings (SSSR count). The maximum absolute atomic E-state index is 10.9. The van der Waals surface area contributed by atoms with E-state index in [4.69, 9.17) is 4.74 Å². The van der Waals surface area contributed by atoms with Crippen molar-refractivity contribution in [2.75, 3.05) is 27.3 Å². The van der Waals surface area contributed by atoms with Gasteiger partial charge in [-0.1, -0.05) is 18.2 Å². The molecule has 0 spiro atoms. The van der Waals surface area contributed by atoms with Crippen LogP contribution < -0.4 is 10.6 Å². The van der Waals surface area contributed by atoms with Crippen LogP contribution in [0.4, 0.5) is 5.69 Å². The Bertz CT molecular complexity index is 463. The van der Waals surface area contributed by atoms with Crippen LogP contribution in [0, 0.1) is 10.1 Å². The fraction of sp³-hybridized carbons (Fsp3) is 0.462. The molecule has 2 N–H and O–H groups in total. The first-order valence-electron chi connectivity index (χ1n) is 6.34. The molecule has 1 aromatic carbocycles. The summed E-state index contributed by atoms with van der Waals surface area (Å²) in [5, 5.41) is 17.1. The minimum absolute atomic E-state index is 0.106. The fourth-order valence-electron chi connectivity index (χ4n) is 1.66. The number of methoxy groups -OCH3 is 1. The number of rotatable bonds is 7. The number of hydrogen-bond acceptors (Lipinski definition) is 4. The Morgan fingerprint density at radius 1 is 1.40 bits per heavy atom.